The predicted molar refractivity (Wildman–Crippen MR) is 126 cm³/mol. The third kappa shape index (κ3) is 4.70. The van der Waals surface area contributed by atoms with Crippen LogP contribution in [0.4, 0.5) is 0 Å². The minimum absolute atomic E-state index is 0.391. The smallest absolute Gasteiger partial charge is 0.216 e. The second kappa shape index (κ2) is 9.93. The molecule has 4 rings (SSSR count). The van der Waals surface area contributed by atoms with Crippen molar-refractivity contribution in [3.8, 4) is 28.6 Å². The highest BCUT2D eigenvalue weighted by molar-refractivity contribution is 7.71. The quantitative estimate of drug-likeness (QED) is 0.302. The summed E-state index contributed by atoms with van der Waals surface area (Å²) in [6, 6.07) is 23.3. The molecule has 0 bridgehead atoms. The first-order valence-electron chi connectivity index (χ1n) is 9.89. The van der Waals surface area contributed by atoms with Crippen molar-refractivity contribution in [1.82, 2.24) is 14.9 Å². The number of methoxy groups -OCH3 is 2. The number of nitrogens with zero attached hydrogens (tertiary/aromatic N) is 3. The maximum absolute atomic E-state index is 6.01. The van der Waals surface area contributed by atoms with Gasteiger partial charge in [0.2, 0.25) is 10.5 Å². The largest absolute Gasteiger partial charge is 0.493 e. The summed E-state index contributed by atoms with van der Waals surface area (Å²) in [4.78, 5) is 0. The average Bonchev–Trinajstić information content (AvgIpc) is 3.22. The van der Waals surface area contributed by atoms with Crippen molar-refractivity contribution in [2.24, 2.45) is 5.10 Å². The summed E-state index contributed by atoms with van der Waals surface area (Å²) in [5.41, 5.74) is 2.70. The summed E-state index contributed by atoms with van der Waals surface area (Å²) >= 11 is 5.35. The zero-order valence-corrected chi connectivity index (χ0v) is 18.5. The molecule has 0 unspecified atom stereocenters. The van der Waals surface area contributed by atoms with Crippen LogP contribution in [0.15, 0.2) is 77.9 Å². The van der Waals surface area contributed by atoms with Gasteiger partial charge in [-0.15, -0.1) is 0 Å². The first-order valence-corrected chi connectivity index (χ1v) is 10.3. The van der Waals surface area contributed by atoms with Gasteiger partial charge in [0.15, 0.2) is 17.3 Å². The molecule has 1 aromatic heterocycles. The number of aromatic amines is 1. The molecule has 0 radical (unpaired) electrons. The Hall–Kier alpha value is -3.91. The Morgan fingerprint density at radius 2 is 1.59 bits per heavy atom. The lowest BCUT2D eigenvalue weighted by Crippen LogP contribution is -2.01. The molecule has 3 aromatic carbocycles. The van der Waals surface area contributed by atoms with Crippen LogP contribution in [-0.2, 0) is 6.61 Å². The number of hydrogen-bond donors (Lipinski definition) is 1. The van der Waals surface area contributed by atoms with Crippen LogP contribution in [0.25, 0.3) is 11.4 Å². The van der Waals surface area contributed by atoms with Gasteiger partial charge in [0.1, 0.15) is 6.61 Å². The molecule has 8 heteroatoms. The molecule has 0 fully saturated rings. The molecule has 4 aromatic rings. The molecule has 0 spiro atoms. The number of benzene rings is 3. The summed E-state index contributed by atoms with van der Waals surface area (Å²) in [6.07, 6.45) is 1.67. The van der Waals surface area contributed by atoms with E-state index >= 15 is 0 Å². The monoisotopic (exact) mass is 446 g/mol. The van der Waals surface area contributed by atoms with Gasteiger partial charge >= 0.3 is 0 Å². The number of aromatic nitrogens is 3. The fraction of sp³-hybridized carbons (Fsp3) is 0.125. The van der Waals surface area contributed by atoms with Gasteiger partial charge in [-0.2, -0.15) is 14.9 Å². The summed E-state index contributed by atoms with van der Waals surface area (Å²) in [7, 11) is 3.18. The standard InChI is InChI=1S/C24H22N4O3S/c1-29-20-13-18(14-21(30-2)22(20)31-16-17-9-5-3-6-10-17)15-25-28-23(26-27-24(28)32)19-11-7-4-8-12-19/h3-15H,16H2,1-2H3,(H,27,32)/b25-15-. The first-order chi connectivity index (χ1) is 15.7. The van der Waals surface area contributed by atoms with Gasteiger partial charge in [-0.1, -0.05) is 60.7 Å². The van der Waals surface area contributed by atoms with E-state index in [2.05, 4.69) is 15.3 Å². The Morgan fingerprint density at radius 1 is 0.969 bits per heavy atom. The highest BCUT2D eigenvalue weighted by Gasteiger charge is 2.14. The normalized spacial score (nSPS) is 10.9. The third-order valence-corrected chi connectivity index (χ3v) is 4.98. The number of hydrogen-bond acceptors (Lipinski definition) is 6. The van der Waals surface area contributed by atoms with Gasteiger partial charge in [-0.05, 0) is 29.9 Å². The van der Waals surface area contributed by atoms with Crippen LogP contribution in [0.3, 0.4) is 0 Å². The zero-order valence-electron chi connectivity index (χ0n) is 17.7. The molecule has 1 N–H and O–H groups in total. The van der Waals surface area contributed by atoms with Gasteiger partial charge in [0.25, 0.3) is 0 Å². The van der Waals surface area contributed by atoms with E-state index in [1.807, 2.05) is 72.8 Å². The number of nitrogens with one attached hydrogen (secondary N) is 1. The van der Waals surface area contributed by atoms with Crippen molar-refractivity contribution < 1.29 is 14.2 Å². The molecule has 0 saturated carbocycles. The lowest BCUT2D eigenvalue weighted by Gasteiger charge is -2.15. The Kier molecular flexibility index (Phi) is 6.62. The molecule has 0 aliphatic carbocycles. The van der Waals surface area contributed by atoms with E-state index in [1.54, 1.807) is 25.1 Å². The third-order valence-electron chi connectivity index (χ3n) is 4.71. The Labute approximate surface area is 190 Å². The second-order valence-electron chi connectivity index (χ2n) is 6.80. The summed E-state index contributed by atoms with van der Waals surface area (Å²) < 4.78 is 19.1. The van der Waals surface area contributed by atoms with Crippen LogP contribution in [0.2, 0.25) is 0 Å². The molecule has 162 valence electrons. The Bertz CT molecular complexity index is 1240. The SMILES string of the molecule is COc1cc(/C=N\n2c(-c3ccccc3)n[nH]c2=S)cc(OC)c1OCc1ccccc1. The lowest BCUT2D eigenvalue weighted by atomic mass is 10.2. The minimum atomic E-state index is 0.391. The fourth-order valence-corrected chi connectivity index (χ4v) is 3.32. The summed E-state index contributed by atoms with van der Waals surface area (Å²) in [5.74, 6) is 2.23. The van der Waals surface area contributed by atoms with Crippen LogP contribution >= 0.6 is 12.2 Å². The van der Waals surface area contributed by atoms with Crippen molar-refractivity contribution in [2.45, 2.75) is 6.61 Å². The zero-order chi connectivity index (χ0) is 22.3. The van der Waals surface area contributed by atoms with Crippen molar-refractivity contribution in [1.29, 1.82) is 0 Å². The molecule has 32 heavy (non-hydrogen) atoms. The highest BCUT2D eigenvalue weighted by atomic mass is 32.1. The van der Waals surface area contributed by atoms with Crippen LogP contribution in [-0.4, -0.2) is 35.3 Å². The van der Waals surface area contributed by atoms with E-state index in [4.69, 9.17) is 26.4 Å². The number of rotatable bonds is 8. The molecule has 1 heterocycles. The Balaban J connectivity index is 1.63. The molecule has 0 amide bonds. The van der Waals surface area contributed by atoms with Crippen molar-refractivity contribution >= 4 is 18.4 Å². The van der Waals surface area contributed by atoms with E-state index in [0.29, 0.717) is 34.5 Å². The first kappa shape index (κ1) is 21.3. The van der Waals surface area contributed by atoms with Gasteiger partial charge < -0.3 is 14.2 Å². The van der Waals surface area contributed by atoms with Crippen molar-refractivity contribution in [2.75, 3.05) is 14.2 Å². The van der Waals surface area contributed by atoms with Crippen molar-refractivity contribution in [3.63, 3.8) is 0 Å². The molecule has 0 aliphatic heterocycles. The second-order valence-corrected chi connectivity index (χ2v) is 7.19. The minimum Gasteiger partial charge on any atom is -0.493 e. The fourth-order valence-electron chi connectivity index (χ4n) is 3.14. The number of H-pyrrole nitrogens is 1. The van der Waals surface area contributed by atoms with E-state index in [0.717, 1.165) is 16.7 Å². The lowest BCUT2D eigenvalue weighted by molar-refractivity contribution is 0.266. The topological polar surface area (TPSA) is 73.7 Å². The van der Waals surface area contributed by atoms with Gasteiger partial charge in [-0.3, -0.25) is 0 Å². The van der Waals surface area contributed by atoms with Gasteiger partial charge in [0.05, 0.1) is 20.4 Å². The number of ether oxygens (including phenoxy) is 3. The maximum atomic E-state index is 6.01. The molecule has 0 saturated heterocycles. The van der Waals surface area contributed by atoms with Gasteiger partial charge in [0, 0.05) is 11.1 Å². The van der Waals surface area contributed by atoms with E-state index in [9.17, 15) is 0 Å². The van der Waals surface area contributed by atoms with Crippen LogP contribution in [0.5, 0.6) is 17.2 Å². The summed E-state index contributed by atoms with van der Waals surface area (Å²) in [6.45, 7) is 0.394. The molecule has 0 atom stereocenters. The van der Waals surface area contributed by atoms with Gasteiger partial charge in [-0.25, -0.2) is 5.10 Å². The predicted octanol–water partition coefficient (Wildman–Crippen LogP) is 5.09. The Morgan fingerprint density at radius 3 is 2.22 bits per heavy atom. The molecular weight excluding hydrogens is 424 g/mol. The van der Waals surface area contributed by atoms with E-state index in [1.165, 1.54) is 0 Å². The molecule has 0 aliphatic rings. The molecule has 7 nitrogen and oxygen atoms in total. The van der Waals surface area contributed by atoms with Crippen LogP contribution < -0.4 is 14.2 Å². The summed E-state index contributed by atoms with van der Waals surface area (Å²) in [5, 5.41) is 11.6. The van der Waals surface area contributed by atoms with Crippen molar-refractivity contribution in [3.05, 3.63) is 88.7 Å². The molecular formula is C24H22N4O3S. The van der Waals surface area contributed by atoms with E-state index < -0.39 is 0 Å². The maximum Gasteiger partial charge on any atom is 0.216 e. The highest BCUT2D eigenvalue weighted by Crippen LogP contribution is 2.38. The average molecular weight is 447 g/mol. The van der Waals surface area contributed by atoms with Crippen LogP contribution in [0, 0.1) is 4.77 Å². The van der Waals surface area contributed by atoms with Crippen LogP contribution in [0.1, 0.15) is 11.1 Å². The van der Waals surface area contributed by atoms with E-state index in [-0.39, 0.29) is 0 Å².